The lowest BCUT2D eigenvalue weighted by molar-refractivity contribution is 1.65. The monoisotopic (exact) mass is 328 g/mol. The molecule has 2 aliphatic rings. The molecule has 0 nitrogen and oxygen atoms in total. The topological polar surface area (TPSA) is 0 Å². The van der Waals surface area contributed by atoms with Crippen molar-refractivity contribution in [2.24, 2.45) is 0 Å². The molecule has 0 amide bonds. The zero-order valence-electron chi connectivity index (χ0n) is 14.3. The highest BCUT2D eigenvalue weighted by molar-refractivity contribution is 6.22. The Balaban J connectivity index is 1.90. The van der Waals surface area contributed by atoms with Gasteiger partial charge in [-0.05, 0) is 66.4 Å². The van der Waals surface area contributed by atoms with Crippen molar-refractivity contribution in [2.45, 2.75) is 0 Å². The average molecular weight is 328 g/mol. The van der Waals surface area contributed by atoms with Gasteiger partial charge in [0.2, 0.25) is 0 Å². The molecule has 4 aromatic rings. The molecule has 0 N–H and O–H groups in total. The minimum absolute atomic E-state index is 1.12. The summed E-state index contributed by atoms with van der Waals surface area (Å²) in [4.78, 5) is 0. The molecule has 2 aliphatic carbocycles. The van der Waals surface area contributed by atoms with Gasteiger partial charge in [-0.15, -0.1) is 0 Å². The van der Waals surface area contributed by atoms with E-state index in [0.717, 1.165) is 11.1 Å². The molecule has 0 aliphatic heterocycles. The number of hydrogen-bond donors (Lipinski definition) is 0. The van der Waals surface area contributed by atoms with Crippen LogP contribution in [0.3, 0.4) is 0 Å². The Kier molecular flexibility index (Phi) is 2.46. The van der Waals surface area contributed by atoms with E-state index < -0.39 is 0 Å². The van der Waals surface area contributed by atoms with Gasteiger partial charge in [-0.1, -0.05) is 86.0 Å². The van der Waals surface area contributed by atoms with Crippen molar-refractivity contribution in [1.29, 1.82) is 0 Å². The second-order valence-corrected chi connectivity index (χ2v) is 7.09. The molecule has 0 aromatic heterocycles. The van der Waals surface area contributed by atoms with E-state index in [-0.39, 0.29) is 0 Å². The van der Waals surface area contributed by atoms with Gasteiger partial charge in [0.05, 0.1) is 0 Å². The van der Waals surface area contributed by atoms with E-state index in [9.17, 15) is 0 Å². The van der Waals surface area contributed by atoms with Crippen molar-refractivity contribution in [3.05, 3.63) is 108 Å². The zero-order valence-corrected chi connectivity index (χ0v) is 14.3. The van der Waals surface area contributed by atoms with Crippen LogP contribution in [0, 0.1) is 0 Å². The van der Waals surface area contributed by atoms with Crippen LogP contribution in [0.2, 0.25) is 0 Å². The van der Waals surface area contributed by atoms with Crippen LogP contribution in [0.1, 0.15) is 22.3 Å². The fourth-order valence-electron chi connectivity index (χ4n) is 4.80. The summed E-state index contributed by atoms with van der Waals surface area (Å²) in [5.41, 5.74) is 12.4. The van der Waals surface area contributed by atoms with E-state index in [1.54, 1.807) is 0 Å². The van der Waals surface area contributed by atoms with Gasteiger partial charge < -0.3 is 0 Å². The maximum atomic E-state index is 4.48. The summed E-state index contributed by atoms with van der Waals surface area (Å²) in [5.74, 6) is 0. The first-order valence-corrected chi connectivity index (χ1v) is 8.94. The van der Waals surface area contributed by atoms with Gasteiger partial charge >= 0.3 is 0 Å². The summed E-state index contributed by atoms with van der Waals surface area (Å²) >= 11 is 0. The largest absolute Gasteiger partial charge is 0.0905 e. The maximum absolute atomic E-state index is 4.48. The first-order chi connectivity index (χ1) is 12.8. The van der Waals surface area contributed by atoms with Crippen molar-refractivity contribution in [3.63, 3.8) is 0 Å². The van der Waals surface area contributed by atoms with Crippen LogP contribution in [-0.4, -0.2) is 0 Å². The molecule has 0 spiro atoms. The third-order valence-corrected chi connectivity index (χ3v) is 5.86. The summed E-state index contributed by atoms with van der Waals surface area (Å²) in [6.07, 6.45) is 0. The standard InChI is InChI=1S/C26H16/c1-15-17-9-3-5-11-19(17)25-21-13-7-8-14-22(21)26-20-12-6-4-10-18(20)16(2)24(26)23(15)25/h3-14H,1-2H2. The van der Waals surface area contributed by atoms with Gasteiger partial charge in [0.25, 0.3) is 0 Å². The second kappa shape index (κ2) is 4.62. The molecule has 0 radical (unpaired) electrons. The third kappa shape index (κ3) is 1.46. The summed E-state index contributed by atoms with van der Waals surface area (Å²) in [6, 6.07) is 26.0. The van der Waals surface area contributed by atoms with E-state index >= 15 is 0 Å². The number of benzene rings is 4. The molecule has 4 aromatic carbocycles. The minimum atomic E-state index is 1.12. The molecule has 0 fully saturated rings. The molecule has 0 saturated carbocycles. The lowest BCUT2D eigenvalue weighted by atomic mass is 9.87. The molecule has 26 heavy (non-hydrogen) atoms. The van der Waals surface area contributed by atoms with Crippen LogP contribution >= 0.6 is 0 Å². The van der Waals surface area contributed by atoms with E-state index in [2.05, 4.69) is 86.0 Å². The Morgan fingerprint density at radius 2 is 0.731 bits per heavy atom. The Morgan fingerprint density at radius 1 is 0.385 bits per heavy atom. The van der Waals surface area contributed by atoms with E-state index in [1.807, 2.05) is 0 Å². The number of fused-ring (bicyclic) bond motifs is 10. The smallest absolute Gasteiger partial charge is 0.00136 e. The van der Waals surface area contributed by atoms with Gasteiger partial charge in [-0.3, -0.25) is 0 Å². The summed E-state index contributed by atoms with van der Waals surface area (Å²) < 4.78 is 0. The molecular weight excluding hydrogens is 312 g/mol. The van der Waals surface area contributed by atoms with Crippen molar-refractivity contribution >= 4 is 21.9 Å². The van der Waals surface area contributed by atoms with Crippen molar-refractivity contribution < 1.29 is 0 Å². The summed E-state index contributed by atoms with van der Waals surface area (Å²) in [7, 11) is 0. The Labute approximate surface area is 152 Å². The fraction of sp³-hybridized carbons (Fsp3) is 0. The number of rotatable bonds is 0. The highest BCUT2D eigenvalue weighted by atomic mass is 14.4. The van der Waals surface area contributed by atoms with Crippen LogP contribution in [0.25, 0.3) is 44.2 Å². The molecule has 120 valence electrons. The predicted octanol–water partition coefficient (Wildman–Crippen LogP) is 6.92. The maximum Gasteiger partial charge on any atom is -0.00136 e. The SMILES string of the molecule is C=C1c2ccccc2-c2c1c1c(c3ccccc23)-c2ccccc2C1=C. The third-order valence-electron chi connectivity index (χ3n) is 5.86. The minimum Gasteiger partial charge on any atom is -0.0905 e. The van der Waals surface area contributed by atoms with Crippen molar-refractivity contribution in [2.75, 3.05) is 0 Å². The van der Waals surface area contributed by atoms with Crippen LogP contribution in [0.4, 0.5) is 0 Å². The van der Waals surface area contributed by atoms with Gasteiger partial charge in [0.1, 0.15) is 0 Å². The molecule has 0 heterocycles. The molecule has 0 unspecified atom stereocenters. The predicted molar refractivity (Wildman–Crippen MR) is 111 cm³/mol. The van der Waals surface area contributed by atoms with Gasteiger partial charge in [0, 0.05) is 0 Å². The Hall–Kier alpha value is -3.38. The summed E-state index contributed by atoms with van der Waals surface area (Å²) in [5, 5.41) is 2.61. The molecule has 6 rings (SSSR count). The Morgan fingerprint density at radius 3 is 1.15 bits per heavy atom. The molecular formula is C26H16. The quantitative estimate of drug-likeness (QED) is 0.284. The molecule has 0 saturated heterocycles. The highest BCUT2D eigenvalue weighted by Crippen LogP contribution is 2.57. The lowest BCUT2D eigenvalue weighted by Gasteiger charge is -2.15. The fourth-order valence-corrected chi connectivity index (χ4v) is 4.80. The number of hydrogen-bond acceptors (Lipinski definition) is 0. The first-order valence-electron chi connectivity index (χ1n) is 8.94. The zero-order chi connectivity index (χ0) is 17.4. The summed E-state index contributed by atoms with van der Waals surface area (Å²) in [6.45, 7) is 8.95. The van der Waals surface area contributed by atoms with E-state index in [0.29, 0.717) is 0 Å². The highest BCUT2D eigenvalue weighted by Gasteiger charge is 2.34. The van der Waals surface area contributed by atoms with Crippen LogP contribution in [-0.2, 0) is 0 Å². The average Bonchev–Trinajstić information content (AvgIpc) is 3.16. The van der Waals surface area contributed by atoms with Gasteiger partial charge in [-0.25, -0.2) is 0 Å². The molecule has 0 bridgehead atoms. The van der Waals surface area contributed by atoms with Crippen LogP contribution < -0.4 is 0 Å². The van der Waals surface area contributed by atoms with E-state index in [1.165, 1.54) is 55.3 Å². The lowest BCUT2D eigenvalue weighted by Crippen LogP contribution is -1.92. The molecule has 0 atom stereocenters. The van der Waals surface area contributed by atoms with Crippen molar-refractivity contribution in [3.8, 4) is 22.3 Å². The first kappa shape index (κ1) is 13.9. The normalized spacial score (nSPS) is 13.5. The van der Waals surface area contributed by atoms with Gasteiger partial charge in [0.15, 0.2) is 0 Å². The second-order valence-electron chi connectivity index (χ2n) is 7.09. The molecule has 0 heteroatoms. The Bertz CT molecular complexity index is 1200. The van der Waals surface area contributed by atoms with Crippen molar-refractivity contribution in [1.82, 2.24) is 0 Å². The van der Waals surface area contributed by atoms with Crippen LogP contribution in [0.15, 0.2) is 86.0 Å². The van der Waals surface area contributed by atoms with Crippen LogP contribution in [0.5, 0.6) is 0 Å². The van der Waals surface area contributed by atoms with Gasteiger partial charge in [-0.2, -0.15) is 0 Å². The van der Waals surface area contributed by atoms with E-state index in [4.69, 9.17) is 0 Å².